The summed E-state index contributed by atoms with van der Waals surface area (Å²) in [6.45, 7) is 0. The third kappa shape index (κ3) is 4.58. The van der Waals surface area contributed by atoms with Gasteiger partial charge >= 0.3 is 5.97 Å². The highest BCUT2D eigenvalue weighted by atomic mass is 127. The quantitative estimate of drug-likeness (QED) is 0.144. The van der Waals surface area contributed by atoms with Gasteiger partial charge in [0, 0.05) is 21.8 Å². The molecule has 0 amide bonds. The Morgan fingerprint density at radius 3 is 1.89 bits per heavy atom. The molecule has 3 aromatic rings. The maximum Gasteiger partial charge on any atom is 0.345 e. The minimum absolute atomic E-state index is 0.0818. The highest BCUT2D eigenvalue weighted by Crippen LogP contribution is 2.37. The molecule has 8 heteroatoms. The van der Waals surface area contributed by atoms with E-state index >= 15 is 0 Å². The van der Waals surface area contributed by atoms with Crippen LogP contribution >= 0.6 is 67.8 Å². The van der Waals surface area contributed by atoms with Crippen LogP contribution in [-0.2, 0) is 5.92 Å². The number of hydrogen-bond donors (Lipinski definition) is 1. The fourth-order valence-corrected chi connectivity index (χ4v) is 4.77. The van der Waals surface area contributed by atoms with Crippen molar-refractivity contribution < 1.29 is 23.4 Å². The van der Waals surface area contributed by atoms with E-state index in [1.807, 2.05) is 12.1 Å². The molecule has 0 saturated carbocycles. The van der Waals surface area contributed by atoms with Gasteiger partial charge in [0.05, 0.1) is 5.56 Å². The van der Waals surface area contributed by atoms with Crippen molar-refractivity contribution in [2.24, 2.45) is 0 Å². The molecule has 0 unspecified atom stereocenters. The number of hydrogen-bond acceptors (Lipinski definition) is 3. The largest absolute Gasteiger partial charge is 0.508 e. The summed E-state index contributed by atoms with van der Waals surface area (Å²) in [6, 6.07) is 13.6. The highest BCUT2D eigenvalue weighted by molar-refractivity contribution is 14.1. The number of phenols is 1. The Bertz CT molecular complexity index is 1020. The molecule has 0 aliphatic carbocycles. The number of esters is 1. The molecule has 0 atom stereocenters. The zero-order chi connectivity index (χ0) is 20.5. The Labute approximate surface area is 200 Å². The average molecular weight is 718 g/mol. The van der Waals surface area contributed by atoms with Gasteiger partial charge in [0.25, 0.3) is 5.92 Å². The highest BCUT2D eigenvalue weighted by Gasteiger charge is 2.34. The summed E-state index contributed by atoms with van der Waals surface area (Å²) in [7, 11) is 0. The minimum Gasteiger partial charge on any atom is -0.508 e. The van der Waals surface area contributed by atoms with Gasteiger partial charge in [-0.25, -0.2) is 4.79 Å². The first-order valence-corrected chi connectivity index (χ1v) is 11.1. The summed E-state index contributed by atoms with van der Waals surface area (Å²) >= 11 is 6.28. The van der Waals surface area contributed by atoms with Gasteiger partial charge in [-0.1, -0.05) is 0 Å². The number of halogens is 5. The molecular weight excluding hydrogens is 707 g/mol. The summed E-state index contributed by atoms with van der Waals surface area (Å²) in [5.74, 6) is -3.68. The summed E-state index contributed by atoms with van der Waals surface area (Å²) in [4.78, 5) is 12.5. The molecule has 0 bridgehead atoms. The van der Waals surface area contributed by atoms with Crippen LogP contribution < -0.4 is 4.74 Å². The van der Waals surface area contributed by atoms with Crippen molar-refractivity contribution in [3.05, 3.63) is 88.1 Å². The second-order valence-corrected chi connectivity index (χ2v) is 9.16. The van der Waals surface area contributed by atoms with Crippen molar-refractivity contribution in [1.82, 2.24) is 0 Å². The van der Waals surface area contributed by atoms with E-state index in [1.165, 1.54) is 48.5 Å². The molecule has 0 spiro atoms. The Morgan fingerprint density at radius 1 is 0.821 bits per heavy atom. The minimum atomic E-state index is -3.24. The van der Waals surface area contributed by atoms with Crippen molar-refractivity contribution in [3.63, 3.8) is 0 Å². The summed E-state index contributed by atoms with van der Waals surface area (Å²) in [5.41, 5.74) is -0.0268. The van der Waals surface area contributed by atoms with Gasteiger partial charge in [0.15, 0.2) is 0 Å². The van der Waals surface area contributed by atoms with E-state index in [2.05, 4.69) is 67.8 Å². The van der Waals surface area contributed by atoms with E-state index in [-0.39, 0.29) is 22.6 Å². The maximum atomic E-state index is 14.6. The predicted octanol–water partition coefficient (Wildman–Crippen LogP) is 6.57. The third-order valence-electron chi connectivity index (χ3n) is 3.91. The Hall–Kier alpha value is -1.02. The third-order valence-corrected chi connectivity index (χ3v) is 7.86. The molecule has 0 fully saturated rings. The first-order chi connectivity index (χ1) is 13.2. The normalized spacial score (nSPS) is 11.3. The van der Waals surface area contributed by atoms with Crippen molar-refractivity contribution in [1.29, 1.82) is 0 Å². The van der Waals surface area contributed by atoms with Gasteiger partial charge in [0.2, 0.25) is 0 Å². The SMILES string of the molecule is O=C(Oc1ccc(C(F)(F)c2ccc(O)cc2)cc1)c1c(I)ccc(I)c1I. The molecule has 0 aromatic heterocycles. The summed E-state index contributed by atoms with van der Waals surface area (Å²) in [5, 5.41) is 9.27. The van der Waals surface area contributed by atoms with Crippen molar-refractivity contribution in [2.45, 2.75) is 5.92 Å². The number of phenolic OH excluding ortho intramolecular Hbond substituents is 1. The lowest BCUT2D eigenvalue weighted by Gasteiger charge is -2.17. The lowest BCUT2D eigenvalue weighted by molar-refractivity contribution is 0.0428. The molecule has 0 saturated heterocycles. The molecule has 28 heavy (non-hydrogen) atoms. The van der Waals surface area contributed by atoms with Gasteiger partial charge in [0.1, 0.15) is 11.5 Å². The number of aromatic hydroxyl groups is 1. The standard InChI is InChI=1S/C20H11F2I3O3/c21-20(22,11-1-5-13(26)6-2-11)12-3-7-14(8-4-12)28-19(27)17-15(23)9-10-16(24)18(17)25/h1-10,26H. The zero-order valence-electron chi connectivity index (χ0n) is 13.9. The second kappa shape index (κ2) is 8.78. The number of benzene rings is 3. The molecule has 0 heterocycles. The van der Waals surface area contributed by atoms with Gasteiger partial charge < -0.3 is 9.84 Å². The topological polar surface area (TPSA) is 46.5 Å². The molecule has 1 N–H and O–H groups in total. The molecule has 0 aliphatic heterocycles. The molecular formula is C20H11F2I3O3. The van der Waals surface area contributed by atoms with Crippen LogP contribution in [0.3, 0.4) is 0 Å². The van der Waals surface area contributed by atoms with Gasteiger partial charge in [-0.15, -0.1) is 0 Å². The van der Waals surface area contributed by atoms with Crippen LogP contribution in [0.4, 0.5) is 8.78 Å². The van der Waals surface area contributed by atoms with E-state index in [0.717, 1.165) is 10.7 Å². The van der Waals surface area contributed by atoms with Crippen LogP contribution in [-0.4, -0.2) is 11.1 Å². The maximum absolute atomic E-state index is 14.6. The average Bonchev–Trinajstić information content (AvgIpc) is 2.66. The predicted molar refractivity (Wildman–Crippen MR) is 127 cm³/mol. The lowest BCUT2D eigenvalue weighted by Crippen LogP contribution is -2.16. The molecule has 0 aliphatic rings. The van der Waals surface area contributed by atoms with Crippen LogP contribution in [0.5, 0.6) is 11.5 Å². The van der Waals surface area contributed by atoms with E-state index in [4.69, 9.17) is 4.74 Å². The van der Waals surface area contributed by atoms with Crippen LogP contribution in [0.25, 0.3) is 0 Å². The molecule has 3 aromatic carbocycles. The Kier molecular flexibility index (Phi) is 6.80. The zero-order valence-corrected chi connectivity index (χ0v) is 20.4. The lowest BCUT2D eigenvalue weighted by atomic mass is 10.0. The number of carbonyl (C=O) groups is 1. The first kappa shape index (κ1) is 21.7. The molecule has 3 rings (SSSR count). The first-order valence-electron chi connectivity index (χ1n) is 7.83. The van der Waals surface area contributed by atoms with E-state index in [9.17, 15) is 18.7 Å². The number of alkyl halides is 2. The second-order valence-electron chi connectivity index (χ2n) is 5.75. The van der Waals surface area contributed by atoms with Crippen LogP contribution in [0, 0.1) is 10.7 Å². The summed E-state index contributed by atoms with van der Waals surface area (Å²) in [6.07, 6.45) is 0. The molecule has 0 radical (unpaired) electrons. The fraction of sp³-hybridized carbons (Fsp3) is 0.0500. The van der Waals surface area contributed by atoms with Crippen molar-refractivity contribution >= 4 is 73.7 Å². The fourth-order valence-electron chi connectivity index (χ4n) is 2.44. The van der Waals surface area contributed by atoms with Crippen LogP contribution in [0.15, 0.2) is 60.7 Å². The molecule has 3 nitrogen and oxygen atoms in total. The summed E-state index contributed by atoms with van der Waals surface area (Å²) < 4.78 is 37.1. The van der Waals surface area contributed by atoms with Gasteiger partial charge in [-0.3, -0.25) is 0 Å². The van der Waals surface area contributed by atoms with E-state index in [1.54, 1.807) is 0 Å². The van der Waals surface area contributed by atoms with Gasteiger partial charge in [-0.2, -0.15) is 8.78 Å². The Balaban J connectivity index is 1.82. The number of ether oxygens (including phenoxy) is 1. The van der Waals surface area contributed by atoms with Gasteiger partial charge in [-0.05, 0) is 128 Å². The van der Waals surface area contributed by atoms with Crippen LogP contribution in [0.2, 0.25) is 0 Å². The van der Waals surface area contributed by atoms with Crippen molar-refractivity contribution in [3.8, 4) is 11.5 Å². The smallest absolute Gasteiger partial charge is 0.345 e. The molecule has 144 valence electrons. The number of carbonyl (C=O) groups excluding carboxylic acids is 1. The van der Waals surface area contributed by atoms with Crippen LogP contribution in [0.1, 0.15) is 21.5 Å². The van der Waals surface area contributed by atoms with E-state index in [0.29, 0.717) is 5.56 Å². The van der Waals surface area contributed by atoms with Crippen molar-refractivity contribution in [2.75, 3.05) is 0 Å². The van der Waals surface area contributed by atoms with E-state index < -0.39 is 11.9 Å². The number of rotatable bonds is 4. The Morgan fingerprint density at radius 2 is 1.32 bits per heavy atom. The monoisotopic (exact) mass is 718 g/mol.